The van der Waals surface area contributed by atoms with Gasteiger partial charge in [0.05, 0.1) is 5.69 Å². The molecule has 6 nitrogen and oxygen atoms in total. The second kappa shape index (κ2) is 7.14. The van der Waals surface area contributed by atoms with Crippen molar-refractivity contribution in [2.75, 3.05) is 6.54 Å². The third-order valence-corrected chi connectivity index (χ3v) is 5.00. The highest BCUT2D eigenvalue weighted by Gasteiger charge is 2.17. The Balaban J connectivity index is 1.70. The average molecular weight is 356 g/mol. The summed E-state index contributed by atoms with van der Waals surface area (Å²) < 4.78 is 5.04. The predicted octanol–water partition coefficient (Wildman–Crippen LogP) is 3.40. The molecule has 1 aromatic carbocycles. The first kappa shape index (κ1) is 17.3. The van der Waals surface area contributed by atoms with Gasteiger partial charge in [-0.3, -0.25) is 4.79 Å². The molecule has 0 aliphatic carbocycles. The molecule has 0 spiro atoms. The fourth-order valence-corrected chi connectivity index (χ4v) is 3.65. The summed E-state index contributed by atoms with van der Waals surface area (Å²) in [5, 5.41) is 7.49. The summed E-state index contributed by atoms with van der Waals surface area (Å²) in [6, 6.07) is 6.24. The van der Waals surface area contributed by atoms with Gasteiger partial charge in [0.2, 0.25) is 5.89 Å². The summed E-state index contributed by atoms with van der Waals surface area (Å²) in [5.41, 5.74) is 4.18. The SMILES string of the molecule is Cc1ccc(-c2nc(C)c(C(=O)NCCc3nc(C)no3)s2)c(C)c1. The molecule has 0 bridgehead atoms. The van der Waals surface area contributed by atoms with Gasteiger partial charge in [0.25, 0.3) is 5.91 Å². The molecule has 0 aliphatic heterocycles. The molecule has 3 rings (SSSR count). The number of nitrogens with one attached hydrogen (secondary N) is 1. The molecule has 7 heteroatoms. The van der Waals surface area contributed by atoms with E-state index in [2.05, 4.69) is 52.5 Å². The Kier molecular flexibility index (Phi) is 4.94. The molecule has 0 fully saturated rings. The van der Waals surface area contributed by atoms with Crippen LogP contribution in [0, 0.1) is 27.7 Å². The monoisotopic (exact) mass is 356 g/mol. The highest BCUT2D eigenvalue weighted by Crippen LogP contribution is 2.30. The van der Waals surface area contributed by atoms with E-state index in [1.165, 1.54) is 16.9 Å². The van der Waals surface area contributed by atoms with Crippen LogP contribution < -0.4 is 5.32 Å². The van der Waals surface area contributed by atoms with Crippen LogP contribution in [0.1, 0.15) is 38.2 Å². The van der Waals surface area contributed by atoms with Crippen molar-refractivity contribution in [2.24, 2.45) is 0 Å². The Morgan fingerprint density at radius 2 is 2.00 bits per heavy atom. The second-order valence-electron chi connectivity index (χ2n) is 5.99. The number of benzene rings is 1. The average Bonchev–Trinajstić information content (AvgIpc) is 3.13. The van der Waals surface area contributed by atoms with E-state index >= 15 is 0 Å². The maximum absolute atomic E-state index is 12.4. The van der Waals surface area contributed by atoms with Gasteiger partial charge < -0.3 is 9.84 Å². The van der Waals surface area contributed by atoms with E-state index in [-0.39, 0.29) is 5.91 Å². The van der Waals surface area contributed by atoms with E-state index in [1.807, 2.05) is 6.92 Å². The number of thiazole rings is 1. The minimum Gasteiger partial charge on any atom is -0.351 e. The molecule has 0 saturated carbocycles. The molecular weight excluding hydrogens is 336 g/mol. The number of aromatic nitrogens is 3. The lowest BCUT2D eigenvalue weighted by molar-refractivity contribution is 0.0956. The number of carbonyl (C=O) groups is 1. The quantitative estimate of drug-likeness (QED) is 0.758. The van der Waals surface area contributed by atoms with Gasteiger partial charge in [0.15, 0.2) is 5.82 Å². The van der Waals surface area contributed by atoms with Crippen molar-refractivity contribution in [3.8, 4) is 10.6 Å². The summed E-state index contributed by atoms with van der Waals surface area (Å²) in [6.07, 6.45) is 0.508. The van der Waals surface area contributed by atoms with Crippen LogP contribution in [0.2, 0.25) is 0 Å². The van der Waals surface area contributed by atoms with Crippen LogP contribution in [0.25, 0.3) is 10.6 Å². The van der Waals surface area contributed by atoms with Gasteiger partial charge in [0, 0.05) is 18.5 Å². The molecular formula is C18H20N4O2S. The highest BCUT2D eigenvalue weighted by molar-refractivity contribution is 7.17. The van der Waals surface area contributed by atoms with Crippen LogP contribution in [0.4, 0.5) is 0 Å². The zero-order chi connectivity index (χ0) is 18.0. The summed E-state index contributed by atoms with van der Waals surface area (Å²) in [4.78, 5) is 21.8. The van der Waals surface area contributed by atoms with Gasteiger partial charge in [-0.1, -0.05) is 28.9 Å². The molecule has 0 radical (unpaired) electrons. The molecule has 1 amide bonds. The number of rotatable bonds is 5. The molecule has 2 aromatic heterocycles. The van der Waals surface area contributed by atoms with Crippen molar-refractivity contribution >= 4 is 17.2 Å². The standard InChI is InChI=1S/C18H20N4O2S/c1-10-5-6-14(11(2)9-10)18-20-12(3)16(25-18)17(23)19-8-7-15-21-13(4)22-24-15/h5-6,9H,7-8H2,1-4H3,(H,19,23). The van der Waals surface area contributed by atoms with Crippen LogP contribution in [-0.4, -0.2) is 27.6 Å². The number of amides is 1. The first-order valence-corrected chi connectivity index (χ1v) is 8.88. The normalized spacial score (nSPS) is 10.9. The van der Waals surface area contributed by atoms with E-state index in [1.54, 1.807) is 6.92 Å². The first-order valence-electron chi connectivity index (χ1n) is 8.06. The van der Waals surface area contributed by atoms with Crippen molar-refractivity contribution in [1.29, 1.82) is 0 Å². The van der Waals surface area contributed by atoms with Crippen LogP contribution in [0.3, 0.4) is 0 Å². The summed E-state index contributed by atoms with van der Waals surface area (Å²) in [7, 11) is 0. The van der Waals surface area contributed by atoms with Gasteiger partial charge in [0.1, 0.15) is 9.88 Å². The zero-order valence-electron chi connectivity index (χ0n) is 14.7. The van der Waals surface area contributed by atoms with E-state index in [0.717, 1.165) is 21.8 Å². The molecule has 0 aliphatic rings. The van der Waals surface area contributed by atoms with Crippen LogP contribution >= 0.6 is 11.3 Å². The van der Waals surface area contributed by atoms with E-state index in [9.17, 15) is 4.79 Å². The van der Waals surface area contributed by atoms with Crippen molar-refractivity contribution in [3.05, 3.63) is 51.6 Å². The van der Waals surface area contributed by atoms with E-state index in [0.29, 0.717) is 29.6 Å². The third-order valence-electron chi connectivity index (χ3n) is 3.81. The summed E-state index contributed by atoms with van der Waals surface area (Å²) in [6.45, 7) is 8.19. The van der Waals surface area contributed by atoms with E-state index < -0.39 is 0 Å². The largest absolute Gasteiger partial charge is 0.351 e. The minimum absolute atomic E-state index is 0.123. The Hall–Kier alpha value is -2.54. The Bertz CT molecular complexity index is 914. The number of hydrogen-bond acceptors (Lipinski definition) is 6. The van der Waals surface area contributed by atoms with Crippen LogP contribution in [-0.2, 0) is 6.42 Å². The summed E-state index contributed by atoms with van der Waals surface area (Å²) in [5.74, 6) is 0.995. The van der Waals surface area contributed by atoms with Crippen LogP contribution in [0.15, 0.2) is 22.7 Å². The molecule has 130 valence electrons. The van der Waals surface area contributed by atoms with Gasteiger partial charge in [-0.2, -0.15) is 4.98 Å². The fraction of sp³-hybridized carbons (Fsp3) is 0.333. The maximum atomic E-state index is 12.4. The van der Waals surface area contributed by atoms with E-state index in [4.69, 9.17) is 4.52 Å². The Morgan fingerprint density at radius 3 is 2.68 bits per heavy atom. The minimum atomic E-state index is -0.123. The Labute approximate surface area is 150 Å². The van der Waals surface area contributed by atoms with Crippen molar-refractivity contribution in [1.82, 2.24) is 20.4 Å². The van der Waals surface area contributed by atoms with Crippen molar-refractivity contribution < 1.29 is 9.32 Å². The highest BCUT2D eigenvalue weighted by atomic mass is 32.1. The molecule has 3 aromatic rings. The predicted molar refractivity (Wildman–Crippen MR) is 96.8 cm³/mol. The molecule has 25 heavy (non-hydrogen) atoms. The smallest absolute Gasteiger partial charge is 0.263 e. The number of carbonyl (C=O) groups excluding carboxylic acids is 1. The van der Waals surface area contributed by atoms with Gasteiger partial charge in [-0.25, -0.2) is 4.98 Å². The number of hydrogen-bond donors (Lipinski definition) is 1. The molecule has 0 unspecified atom stereocenters. The Morgan fingerprint density at radius 1 is 1.20 bits per heavy atom. The van der Waals surface area contributed by atoms with Gasteiger partial charge in [-0.05, 0) is 33.3 Å². The first-order chi connectivity index (χ1) is 11.9. The summed E-state index contributed by atoms with van der Waals surface area (Å²) >= 11 is 1.42. The lowest BCUT2D eigenvalue weighted by atomic mass is 10.1. The molecule has 0 atom stereocenters. The molecule has 2 heterocycles. The topological polar surface area (TPSA) is 80.9 Å². The molecule has 0 saturated heterocycles. The van der Waals surface area contributed by atoms with Crippen LogP contribution in [0.5, 0.6) is 0 Å². The maximum Gasteiger partial charge on any atom is 0.263 e. The zero-order valence-corrected chi connectivity index (χ0v) is 15.5. The third kappa shape index (κ3) is 3.93. The fourth-order valence-electron chi connectivity index (χ4n) is 2.58. The van der Waals surface area contributed by atoms with Crippen molar-refractivity contribution in [3.63, 3.8) is 0 Å². The van der Waals surface area contributed by atoms with Gasteiger partial charge >= 0.3 is 0 Å². The van der Waals surface area contributed by atoms with Crippen molar-refractivity contribution in [2.45, 2.75) is 34.1 Å². The number of aryl methyl sites for hydroxylation is 4. The lowest BCUT2D eigenvalue weighted by Crippen LogP contribution is -2.25. The second-order valence-corrected chi connectivity index (χ2v) is 6.99. The van der Waals surface area contributed by atoms with Gasteiger partial charge in [-0.15, -0.1) is 11.3 Å². The lowest BCUT2D eigenvalue weighted by Gasteiger charge is -2.03. The number of nitrogens with zero attached hydrogens (tertiary/aromatic N) is 3. The molecule has 1 N–H and O–H groups in total.